The third kappa shape index (κ3) is 4.21. The zero-order chi connectivity index (χ0) is 13.5. The third-order valence-electron chi connectivity index (χ3n) is 3.37. The number of benzene rings is 1. The molecule has 2 nitrogen and oxygen atoms in total. The van der Waals surface area contributed by atoms with E-state index in [2.05, 4.69) is 51.2 Å². The first kappa shape index (κ1) is 15.4. The summed E-state index contributed by atoms with van der Waals surface area (Å²) in [5, 5.41) is 3.73. The fourth-order valence-corrected chi connectivity index (χ4v) is 3.32. The Labute approximate surface area is 114 Å². The third-order valence-corrected chi connectivity index (χ3v) is 5.26. The molecule has 1 aromatic carbocycles. The lowest BCUT2D eigenvalue weighted by molar-refractivity contribution is 0.588. The van der Waals surface area contributed by atoms with Crippen LogP contribution in [0.3, 0.4) is 0 Å². The number of rotatable bonds is 7. The highest BCUT2D eigenvalue weighted by molar-refractivity contribution is 7.85. The quantitative estimate of drug-likeness (QED) is 0.822. The van der Waals surface area contributed by atoms with Gasteiger partial charge in [-0.3, -0.25) is 4.21 Å². The van der Waals surface area contributed by atoms with Crippen molar-refractivity contribution < 1.29 is 4.21 Å². The first-order chi connectivity index (χ1) is 8.60. The molecule has 1 N–H and O–H groups in total. The monoisotopic (exact) mass is 267 g/mol. The van der Waals surface area contributed by atoms with Crippen LogP contribution in [0.4, 0.5) is 0 Å². The minimum Gasteiger partial charge on any atom is -0.309 e. The maximum absolute atomic E-state index is 12.2. The molecule has 0 heterocycles. The standard InChI is InChI=1S/C15H25NOS/c1-5-13(4)18(17)11-15(16-6-2)14-10-8-7-9-12(14)3/h7-10,13,15-16H,5-6,11H2,1-4H3. The maximum Gasteiger partial charge on any atom is 0.0439 e. The fraction of sp³-hybridized carbons (Fsp3) is 0.600. The molecule has 0 amide bonds. The highest BCUT2D eigenvalue weighted by Crippen LogP contribution is 2.19. The van der Waals surface area contributed by atoms with Gasteiger partial charge in [0.2, 0.25) is 0 Å². The van der Waals surface area contributed by atoms with Crippen molar-refractivity contribution in [1.82, 2.24) is 5.32 Å². The van der Waals surface area contributed by atoms with Crippen molar-refractivity contribution in [3.05, 3.63) is 35.4 Å². The molecular formula is C15H25NOS. The molecule has 3 atom stereocenters. The van der Waals surface area contributed by atoms with Crippen molar-refractivity contribution in [2.75, 3.05) is 12.3 Å². The molecule has 3 unspecified atom stereocenters. The zero-order valence-corrected chi connectivity index (χ0v) is 12.7. The average molecular weight is 267 g/mol. The van der Waals surface area contributed by atoms with Gasteiger partial charge < -0.3 is 5.32 Å². The smallest absolute Gasteiger partial charge is 0.0439 e. The van der Waals surface area contributed by atoms with E-state index in [-0.39, 0.29) is 11.3 Å². The first-order valence-corrected chi connectivity index (χ1v) is 8.14. The van der Waals surface area contributed by atoms with E-state index in [4.69, 9.17) is 0 Å². The summed E-state index contributed by atoms with van der Waals surface area (Å²) >= 11 is 0. The van der Waals surface area contributed by atoms with Crippen molar-refractivity contribution in [1.29, 1.82) is 0 Å². The first-order valence-electron chi connectivity index (χ1n) is 6.76. The van der Waals surface area contributed by atoms with Gasteiger partial charge in [-0.2, -0.15) is 0 Å². The number of hydrogen-bond donors (Lipinski definition) is 1. The van der Waals surface area contributed by atoms with E-state index in [0.717, 1.165) is 13.0 Å². The highest BCUT2D eigenvalue weighted by Gasteiger charge is 2.18. The molecule has 18 heavy (non-hydrogen) atoms. The van der Waals surface area contributed by atoms with Gasteiger partial charge in [0.05, 0.1) is 0 Å². The molecule has 0 aliphatic carbocycles. The Morgan fingerprint density at radius 2 is 1.94 bits per heavy atom. The van der Waals surface area contributed by atoms with Gasteiger partial charge in [-0.05, 0) is 31.0 Å². The second kappa shape index (κ2) is 7.70. The van der Waals surface area contributed by atoms with Crippen LogP contribution in [-0.4, -0.2) is 21.8 Å². The predicted molar refractivity (Wildman–Crippen MR) is 80.4 cm³/mol. The van der Waals surface area contributed by atoms with E-state index in [1.165, 1.54) is 11.1 Å². The summed E-state index contributed by atoms with van der Waals surface area (Å²) in [7, 11) is -0.768. The van der Waals surface area contributed by atoms with Crippen LogP contribution >= 0.6 is 0 Å². The largest absolute Gasteiger partial charge is 0.309 e. The summed E-state index contributed by atoms with van der Waals surface area (Å²) in [6.07, 6.45) is 0.971. The van der Waals surface area contributed by atoms with Gasteiger partial charge in [0.25, 0.3) is 0 Å². The van der Waals surface area contributed by atoms with Crippen molar-refractivity contribution in [2.45, 2.75) is 45.4 Å². The average Bonchev–Trinajstić information content (AvgIpc) is 2.37. The molecule has 0 fully saturated rings. The molecule has 0 aliphatic heterocycles. The summed E-state index contributed by atoms with van der Waals surface area (Å²) in [5.41, 5.74) is 2.54. The second-order valence-electron chi connectivity index (χ2n) is 4.73. The van der Waals surface area contributed by atoms with Gasteiger partial charge >= 0.3 is 0 Å². The van der Waals surface area contributed by atoms with Gasteiger partial charge in [0, 0.05) is 27.8 Å². The summed E-state index contributed by atoms with van der Waals surface area (Å²) in [4.78, 5) is 0. The van der Waals surface area contributed by atoms with E-state index in [1.807, 2.05) is 6.07 Å². The molecule has 0 bridgehead atoms. The van der Waals surface area contributed by atoms with Crippen molar-refractivity contribution >= 4 is 10.8 Å². The van der Waals surface area contributed by atoms with Crippen LogP contribution in [-0.2, 0) is 10.8 Å². The molecule has 0 aliphatic rings. The minimum atomic E-state index is -0.768. The highest BCUT2D eigenvalue weighted by atomic mass is 32.2. The van der Waals surface area contributed by atoms with Crippen LogP contribution in [0.2, 0.25) is 0 Å². The van der Waals surface area contributed by atoms with Crippen LogP contribution in [0.1, 0.15) is 44.4 Å². The fourth-order valence-electron chi connectivity index (χ4n) is 2.00. The predicted octanol–water partition coefficient (Wildman–Crippen LogP) is 3.19. The van der Waals surface area contributed by atoms with Gasteiger partial charge in [-0.1, -0.05) is 45.0 Å². The molecule has 0 saturated heterocycles. The van der Waals surface area contributed by atoms with Gasteiger partial charge in [-0.15, -0.1) is 0 Å². The Morgan fingerprint density at radius 3 is 2.50 bits per heavy atom. The Morgan fingerprint density at radius 1 is 1.28 bits per heavy atom. The van der Waals surface area contributed by atoms with E-state index in [9.17, 15) is 4.21 Å². The molecule has 0 aromatic heterocycles. The summed E-state index contributed by atoms with van der Waals surface area (Å²) in [6, 6.07) is 8.56. The van der Waals surface area contributed by atoms with E-state index >= 15 is 0 Å². The van der Waals surface area contributed by atoms with Gasteiger partial charge in [0.1, 0.15) is 0 Å². The van der Waals surface area contributed by atoms with Gasteiger partial charge in [-0.25, -0.2) is 0 Å². The van der Waals surface area contributed by atoms with Crippen LogP contribution in [0, 0.1) is 6.92 Å². The van der Waals surface area contributed by atoms with Crippen molar-refractivity contribution in [3.63, 3.8) is 0 Å². The van der Waals surface area contributed by atoms with Crippen molar-refractivity contribution in [2.24, 2.45) is 0 Å². The normalized spacial score (nSPS) is 16.2. The van der Waals surface area contributed by atoms with Gasteiger partial charge in [0.15, 0.2) is 0 Å². The molecule has 1 aromatic rings. The molecule has 0 spiro atoms. The number of nitrogens with one attached hydrogen (secondary N) is 1. The molecule has 102 valence electrons. The van der Waals surface area contributed by atoms with Crippen LogP contribution in [0.15, 0.2) is 24.3 Å². The van der Waals surface area contributed by atoms with Crippen LogP contribution in [0.25, 0.3) is 0 Å². The molecule has 0 saturated carbocycles. The van der Waals surface area contributed by atoms with E-state index in [0.29, 0.717) is 5.75 Å². The zero-order valence-electron chi connectivity index (χ0n) is 11.9. The molecule has 1 rings (SSSR count). The Kier molecular flexibility index (Phi) is 6.58. The lowest BCUT2D eigenvalue weighted by Crippen LogP contribution is -2.29. The SMILES string of the molecule is CCNC(CS(=O)C(C)CC)c1ccccc1C. The molecular weight excluding hydrogens is 242 g/mol. The Balaban J connectivity index is 2.83. The lowest BCUT2D eigenvalue weighted by Gasteiger charge is -2.21. The topological polar surface area (TPSA) is 29.1 Å². The minimum absolute atomic E-state index is 0.200. The molecule has 3 heteroatoms. The maximum atomic E-state index is 12.2. The molecule has 0 radical (unpaired) electrons. The van der Waals surface area contributed by atoms with E-state index in [1.54, 1.807) is 0 Å². The lowest BCUT2D eigenvalue weighted by atomic mass is 10.0. The van der Waals surface area contributed by atoms with Crippen LogP contribution < -0.4 is 5.32 Å². The summed E-state index contributed by atoms with van der Waals surface area (Å²) in [6.45, 7) is 9.27. The van der Waals surface area contributed by atoms with E-state index < -0.39 is 10.8 Å². The van der Waals surface area contributed by atoms with Crippen molar-refractivity contribution in [3.8, 4) is 0 Å². The summed E-state index contributed by atoms with van der Waals surface area (Å²) < 4.78 is 12.2. The Hall–Kier alpha value is -0.670. The number of hydrogen-bond acceptors (Lipinski definition) is 2. The second-order valence-corrected chi connectivity index (χ2v) is 6.63. The number of aryl methyl sites for hydroxylation is 1. The van der Waals surface area contributed by atoms with Crippen LogP contribution in [0.5, 0.6) is 0 Å². The Bertz CT molecular complexity index is 392. The summed E-state index contributed by atoms with van der Waals surface area (Å²) in [5.74, 6) is 0.702.